The first-order valence-corrected chi connectivity index (χ1v) is 9.26. The fraction of sp³-hybridized carbons (Fsp3) is 0.190. The number of nitrogens with zero attached hydrogens (tertiary/aromatic N) is 1. The summed E-state index contributed by atoms with van der Waals surface area (Å²) >= 11 is 1.79. The fourth-order valence-corrected chi connectivity index (χ4v) is 4.29. The summed E-state index contributed by atoms with van der Waals surface area (Å²) in [6.45, 7) is 1.13. The number of benzene rings is 3. The molecule has 4 rings (SSSR count). The molecule has 0 radical (unpaired) electrons. The van der Waals surface area contributed by atoms with Crippen LogP contribution in [0.15, 0.2) is 59.5 Å². The number of carbonyl (C=O) groups excluding carboxylic acids is 1. The van der Waals surface area contributed by atoms with E-state index in [-0.39, 0.29) is 5.97 Å². The summed E-state index contributed by atoms with van der Waals surface area (Å²) in [5, 5.41) is 5.03. The van der Waals surface area contributed by atoms with Crippen molar-refractivity contribution in [2.45, 2.75) is 0 Å². The third kappa shape index (κ3) is 3.28. The normalized spacial score (nSPS) is 16.8. The number of esters is 1. The lowest BCUT2D eigenvalue weighted by atomic mass is 9.96. The van der Waals surface area contributed by atoms with Crippen molar-refractivity contribution in [3.8, 4) is 0 Å². The molecule has 3 aromatic rings. The van der Waals surface area contributed by atoms with Crippen LogP contribution in [0.3, 0.4) is 0 Å². The van der Waals surface area contributed by atoms with Crippen LogP contribution in [0.1, 0.15) is 5.56 Å². The first-order chi connectivity index (χ1) is 12.2. The average molecular weight is 349 g/mol. The third-order valence-electron chi connectivity index (χ3n) is 4.51. The molecule has 25 heavy (non-hydrogen) atoms. The number of thioether (sulfide) groups is 1. The van der Waals surface area contributed by atoms with Crippen LogP contribution in [0.25, 0.3) is 27.6 Å². The maximum Gasteiger partial charge on any atom is 0.319 e. The number of hydrogen-bond acceptors (Lipinski definition) is 4. The molecule has 3 nitrogen and oxygen atoms in total. The van der Waals surface area contributed by atoms with Crippen LogP contribution in [-0.2, 0) is 9.53 Å². The van der Waals surface area contributed by atoms with Crippen LogP contribution in [0.2, 0.25) is 0 Å². The SMILES string of the molecule is COC(=O)CN1CSC(=Cc2c3ccccc3cc3ccccc23)C1. The van der Waals surface area contributed by atoms with E-state index >= 15 is 0 Å². The molecular formula is C21H19NO2S. The third-order valence-corrected chi connectivity index (χ3v) is 5.62. The standard InChI is InChI=1S/C21H19NO2S/c1-24-21(23)13-22-12-17(25-14-22)11-20-18-8-4-2-6-15(18)10-16-7-3-5-9-19(16)20/h2-11H,12-14H2,1H3. The van der Waals surface area contributed by atoms with E-state index in [4.69, 9.17) is 4.74 Å². The molecule has 0 unspecified atom stereocenters. The molecule has 0 aliphatic carbocycles. The number of hydrogen-bond donors (Lipinski definition) is 0. The largest absolute Gasteiger partial charge is 0.468 e. The summed E-state index contributed by atoms with van der Waals surface area (Å²) in [7, 11) is 1.44. The highest BCUT2D eigenvalue weighted by Gasteiger charge is 2.20. The zero-order valence-electron chi connectivity index (χ0n) is 14.1. The van der Waals surface area contributed by atoms with Gasteiger partial charge >= 0.3 is 5.97 Å². The second-order valence-corrected chi connectivity index (χ2v) is 7.25. The van der Waals surface area contributed by atoms with E-state index in [1.807, 2.05) is 0 Å². The molecule has 1 aliphatic rings. The van der Waals surface area contributed by atoms with Gasteiger partial charge in [0, 0.05) is 17.3 Å². The van der Waals surface area contributed by atoms with Crippen LogP contribution >= 0.6 is 11.8 Å². The Balaban J connectivity index is 1.76. The molecule has 0 amide bonds. The van der Waals surface area contributed by atoms with Crippen molar-refractivity contribution < 1.29 is 9.53 Å². The van der Waals surface area contributed by atoms with Crippen molar-refractivity contribution in [1.82, 2.24) is 4.90 Å². The van der Waals surface area contributed by atoms with Gasteiger partial charge in [-0.3, -0.25) is 9.69 Å². The van der Waals surface area contributed by atoms with E-state index in [1.165, 1.54) is 39.1 Å². The summed E-state index contributed by atoms with van der Waals surface area (Å²) < 4.78 is 4.77. The predicted molar refractivity (Wildman–Crippen MR) is 105 cm³/mol. The zero-order valence-corrected chi connectivity index (χ0v) is 14.9. The minimum absolute atomic E-state index is 0.183. The maximum absolute atomic E-state index is 11.5. The molecule has 1 aliphatic heterocycles. The van der Waals surface area contributed by atoms with E-state index in [9.17, 15) is 4.79 Å². The minimum atomic E-state index is -0.183. The average Bonchev–Trinajstić information content (AvgIpc) is 3.08. The van der Waals surface area contributed by atoms with E-state index in [1.54, 1.807) is 11.8 Å². The van der Waals surface area contributed by atoms with Crippen molar-refractivity contribution in [3.05, 3.63) is 65.1 Å². The van der Waals surface area contributed by atoms with Crippen LogP contribution in [-0.4, -0.2) is 36.9 Å². The van der Waals surface area contributed by atoms with E-state index in [2.05, 4.69) is 65.6 Å². The van der Waals surface area contributed by atoms with Crippen LogP contribution in [0.5, 0.6) is 0 Å². The first kappa shape index (κ1) is 16.2. The second-order valence-electron chi connectivity index (χ2n) is 6.18. The number of carbonyl (C=O) groups is 1. The molecule has 3 aromatic carbocycles. The monoisotopic (exact) mass is 349 g/mol. The predicted octanol–water partition coefficient (Wildman–Crippen LogP) is 4.51. The highest BCUT2D eigenvalue weighted by atomic mass is 32.2. The minimum Gasteiger partial charge on any atom is -0.468 e. The van der Waals surface area contributed by atoms with Gasteiger partial charge in [0.1, 0.15) is 0 Å². The van der Waals surface area contributed by atoms with Crippen molar-refractivity contribution >= 4 is 45.4 Å². The highest BCUT2D eigenvalue weighted by Crippen LogP contribution is 2.34. The molecule has 0 bridgehead atoms. The van der Waals surface area contributed by atoms with E-state index in [0.717, 1.165) is 12.4 Å². The van der Waals surface area contributed by atoms with E-state index in [0.29, 0.717) is 6.54 Å². The van der Waals surface area contributed by atoms with Crippen molar-refractivity contribution in [3.63, 3.8) is 0 Å². The molecule has 0 saturated carbocycles. The van der Waals surface area contributed by atoms with Gasteiger partial charge in [-0.1, -0.05) is 48.5 Å². The molecule has 0 aromatic heterocycles. The summed E-state index contributed by atoms with van der Waals surface area (Å²) in [5.74, 6) is 0.640. The highest BCUT2D eigenvalue weighted by molar-refractivity contribution is 8.03. The smallest absolute Gasteiger partial charge is 0.319 e. The van der Waals surface area contributed by atoms with Crippen molar-refractivity contribution in [1.29, 1.82) is 0 Å². The molecular weight excluding hydrogens is 330 g/mol. The molecule has 1 fully saturated rings. The second kappa shape index (κ2) is 6.90. The Morgan fingerprint density at radius 3 is 2.40 bits per heavy atom. The van der Waals surface area contributed by atoms with Gasteiger partial charge in [-0.2, -0.15) is 0 Å². The fourth-order valence-electron chi connectivity index (χ4n) is 3.29. The van der Waals surface area contributed by atoms with Crippen molar-refractivity contribution in [2.24, 2.45) is 0 Å². The van der Waals surface area contributed by atoms with Gasteiger partial charge in [-0.25, -0.2) is 0 Å². The summed E-state index contributed by atoms with van der Waals surface area (Å²) in [5.41, 5.74) is 1.26. The van der Waals surface area contributed by atoms with Gasteiger partial charge in [0.05, 0.1) is 13.7 Å². The lowest BCUT2D eigenvalue weighted by Gasteiger charge is -2.11. The van der Waals surface area contributed by atoms with Crippen molar-refractivity contribution in [2.75, 3.05) is 26.1 Å². The molecule has 0 atom stereocenters. The Morgan fingerprint density at radius 2 is 1.76 bits per heavy atom. The van der Waals surface area contributed by atoms with Gasteiger partial charge in [0.25, 0.3) is 0 Å². The number of ether oxygens (including phenoxy) is 1. The number of fused-ring (bicyclic) bond motifs is 2. The first-order valence-electron chi connectivity index (χ1n) is 8.27. The number of methoxy groups -OCH3 is 1. The van der Waals surface area contributed by atoms with Gasteiger partial charge in [0.2, 0.25) is 0 Å². The summed E-state index contributed by atoms with van der Waals surface area (Å²) in [4.78, 5) is 14.9. The zero-order chi connectivity index (χ0) is 17.2. The maximum atomic E-state index is 11.5. The Morgan fingerprint density at radius 1 is 1.12 bits per heavy atom. The molecule has 0 N–H and O–H groups in total. The van der Waals surface area contributed by atoms with Gasteiger partial charge in [-0.05, 0) is 39.3 Å². The lowest BCUT2D eigenvalue weighted by molar-refractivity contribution is -0.141. The van der Waals surface area contributed by atoms with Crippen LogP contribution < -0.4 is 0 Å². The van der Waals surface area contributed by atoms with Gasteiger partial charge in [-0.15, -0.1) is 11.8 Å². The topological polar surface area (TPSA) is 29.5 Å². The molecule has 0 spiro atoms. The Bertz CT molecular complexity index is 926. The Hall–Kier alpha value is -2.30. The van der Waals surface area contributed by atoms with Gasteiger partial charge < -0.3 is 4.74 Å². The Kier molecular flexibility index (Phi) is 4.47. The Labute approximate surface area is 151 Å². The quantitative estimate of drug-likeness (QED) is 0.514. The van der Waals surface area contributed by atoms with Crippen LogP contribution in [0, 0.1) is 0 Å². The lowest BCUT2D eigenvalue weighted by Crippen LogP contribution is -2.27. The molecule has 126 valence electrons. The summed E-state index contributed by atoms with van der Waals surface area (Å²) in [6.07, 6.45) is 2.28. The molecule has 4 heteroatoms. The van der Waals surface area contributed by atoms with E-state index < -0.39 is 0 Å². The molecule has 1 saturated heterocycles. The molecule has 1 heterocycles. The number of rotatable bonds is 3. The van der Waals surface area contributed by atoms with Gasteiger partial charge in [0.15, 0.2) is 0 Å². The summed E-state index contributed by atoms with van der Waals surface area (Å²) in [6, 6.07) is 19.3. The van der Waals surface area contributed by atoms with Crippen LogP contribution in [0.4, 0.5) is 0 Å².